The molecule has 2 aromatic heterocycles. The Bertz CT molecular complexity index is 687. The van der Waals surface area contributed by atoms with Crippen LogP contribution in [0, 0.1) is 6.92 Å². The minimum absolute atomic E-state index is 0.0575. The maximum absolute atomic E-state index is 4.66. The molecule has 0 bridgehead atoms. The fraction of sp³-hybridized carbons (Fsp3) is 0.647. The van der Waals surface area contributed by atoms with E-state index in [1.807, 2.05) is 11.3 Å². The third-order valence-corrected chi connectivity index (χ3v) is 6.39. The van der Waals surface area contributed by atoms with Crippen LogP contribution >= 0.6 is 11.3 Å². The van der Waals surface area contributed by atoms with Crippen LogP contribution < -0.4 is 0 Å². The van der Waals surface area contributed by atoms with Gasteiger partial charge < -0.3 is 4.57 Å². The predicted molar refractivity (Wildman–Crippen MR) is 86.1 cm³/mol. The van der Waals surface area contributed by atoms with E-state index in [1.165, 1.54) is 41.3 Å². The highest BCUT2D eigenvalue weighted by Crippen LogP contribution is 2.51. The van der Waals surface area contributed by atoms with Gasteiger partial charge in [0, 0.05) is 21.2 Å². The first kappa shape index (κ1) is 13.5. The molecule has 0 radical (unpaired) electrons. The topological polar surface area (TPSA) is 30.7 Å². The average molecular weight is 301 g/mol. The molecular formula is C17H23N3S. The second-order valence-corrected chi connectivity index (χ2v) is 8.83. The molecule has 4 heteroatoms. The zero-order chi connectivity index (χ0) is 14.8. The Morgan fingerprint density at radius 1 is 1.24 bits per heavy atom. The molecule has 2 aliphatic carbocycles. The lowest BCUT2D eigenvalue weighted by Crippen LogP contribution is -2.25. The molecule has 2 fully saturated rings. The summed E-state index contributed by atoms with van der Waals surface area (Å²) in [5.74, 6) is 2.40. The lowest BCUT2D eigenvalue weighted by atomic mass is 9.90. The molecule has 0 N–H and O–H groups in total. The minimum atomic E-state index is -0.0575. The Hall–Kier alpha value is -1.16. The van der Waals surface area contributed by atoms with Crippen LogP contribution in [0.2, 0.25) is 0 Å². The summed E-state index contributed by atoms with van der Waals surface area (Å²) in [6, 6.07) is 5.11. The van der Waals surface area contributed by atoms with E-state index in [4.69, 9.17) is 0 Å². The van der Waals surface area contributed by atoms with Crippen LogP contribution in [0.25, 0.3) is 0 Å². The maximum atomic E-state index is 4.66. The highest BCUT2D eigenvalue weighted by atomic mass is 32.1. The van der Waals surface area contributed by atoms with Crippen molar-refractivity contribution < 1.29 is 0 Å². The van der Waals surface area contributed by atoms with Gasteiger partial charge in [-0.2, -0.15) is 0 Å². The number of aryl methyl sites for hydroxylation is 1. The molecule has 0 amide bonds. The van der Waals surface area contributed by atoms with Crippen molar-refractivity contribution in [3.8, 4) is 0 Å². The number of rotatable bonds is 4. The van der Waals surface area contributed by atoms with Gasteiger partial charge in [-0.25, -0.2) is 0 Å². The molecule has 0 spiro atoms. The second-order valence-electron chi connectivity index (χ2n) is 7.54. The lowest BCUT2D eigenvalue weighted by Gasteiger charge is -2.24. The highest BCUT2D eigenvalue weighted by Gasteiger charge is 2.48. The van der Waals surface area contributed by atoms with Crippen molar-refractivity contribution in [1.29, 1.82) is 0 Å². The van der Waals surface area contributed by atoms with E-state index in [-0.39, 0.29) is 10.8 Å². The van der Waals surface area contributed by atoms with Crippen LogP contribution in [-0.2, 0) is 10.8 Å². The molecule has 0 atom stereocenters. The second kappa shape index (κ2) is 4.19. The van der Waals surface area contributed by atoms with Gasteiger partial charge in [-0.15, -0.1) is 21.5 Å². The number of hydrogen-bond acceptors (Lipinski definition) is 3. The molecule has 21 heavy (non-hydrogen) atoms. The molecule has 2 heterocycles. The maximum Gasteiger partial charge on any atom is 0.144 e. The van der Waals surface area contributed by atoms with E-state index < -0.39 is 0 Å². The van der Waals surface area contributed by atoms with E-state index in [9.17, 15) is 0 Å². The highest BCUT2D eigenvalue weighted by molar-refractivity contribution is 7.12. The summed E-state index contributed by atoms with van der Waals surface area (Å²) in [6.45, 7) is 9.09. The van der Waals surface area contributed by atoms with Gasteiger partial charge in [-0.3, -0.25) is 0 Å². The summed E-state index contributed by atoms with van der Waals surface area (Å²) < 4.78 is 2.49. The normalized spacial score (nSPS) is 20.8. The van der Waals surface area contributed by atoms with Crippen LogP contribution in [0.4, 0.5) is 0 Å². The van der Waals surface area contributed by atoms with Gasteiger partial charge in [-0.05, 0) is 58.6 Å². The third kappa shape index (κ3) is 2.07. The zero-order valence-electron chi connectivity index (χ0n) is 13.3. The number of aromatic nitrogens is 3. The summed E-state index contributed by atoms with van der Waals surface area (Å²) >= 11 is 1.88. The van der Waals surface area contributed by atoms with Gasteiger partial charge in [0.25, 0.3) is 0 Å². The molecule has 0 unspecified atom stereocenters. The number of hydrogen-bond donors (Lipinski definition) is 0. The molecule has 0 saturated heterocycles. The minimum Gasteiger partial charge on any atom is -0.311 e. The molecular weight excluding hydrogens is 278 g/mol. The van der Waals surface area contributed by atoms with Crippen molar-refractivity contribution in [3.63, 3.8) is 0 Å². The van der Waals surface area contributed by atoms with Crippen LogP contribution in [0.1, 0.15) is 73.9 Å². The molecule has 3 nitrogen and oxygen atoms in total. The smallest absolute Gasteiger partial charge is 0.144 e. The van der Waals surface area contributed by atoms with Gasteiger partial charge in [0.15, 0.2) is 0 Å². The SMILES string of the molecule is Cc1ccc(C(C)(C)c2nnc(C3(C)CC3)n2C2CC2)s1. The fourth-order valence-electron chi connectivity index (χ4n) is 3.10. The average Bonchev–Trinajstić information content (AvgIpc) is 3.32. The van der Waals surface area contributed by atoms with E-state index in [0.29, 0.717) is 6.04 Å². The Balaban J connectivity index is 1.83. The lowest BCUT2D eigenvalue weighted by molar-refractivity contribution is 0.519. The Kier molecular flexibility index (Phi) is 2.69. The molecule has 0 aromatic carbocycles. The van der Waals surface area contributed by atoms with Crippen molar-refractivity contribution in [2.75, 3.05) is 0 Å². The van der Waals surface area contributed by atoms with Gasteiger partial charge in [0.1, 0.15) is 11.6 Å². The summed E-state index contributed by atoms with van der Waals surface area (Å²) in [5.41, 5.74) is 0.229. The molecule has 2 aliphatic rings. The van der Waals surface area contributed by atoms with Gasteiger partial charge in [0.05, 0.1) is 5.41 Å². The molecule has 0 aliphatic heterocycles. The van der Waals surface area contributed by atoms with Crippen LogP contribution in [0.5, 0.6) is 0 Å². The van der Waals surface area contributed by atoms with Crippen molar-refractivity contribution >= 4 is 11.3 Å². The first-order chi connectivity index (χ1) is 9.92. The van der Waals surface area contributed by atoms with E-state index in [0.717, 1.165) is 5.82 Å². The molecule has 4 rings (SSSR count). The molecule has 112 valence electrons. The van der Waals surface area contributed by atoms with Crippen LogP contribution in [0.3, 0.4) is 0 Å². The number of nitrogens with zero attached hydrogens (tertiary/aromatic N) is 3. The van der Waals surface area contributed by atoms with Crippen molar-refractivity contribution in [2.24, 2.45) is 0 Å². The van der Waals surface area contributed by atoms with Gasteiger partial charge in [-0.1, -0.05) is 6.92 Å². The standard InChI is InChI=1S/C17H23N3S/c1-11-5-8-13(21-11)16(2,3)14-18-19-15(17(4)9-10-17)20(14)12-6-7-12/h5,8,12H,6-7,9-10H2,1-4H3. The summed E-state index contributed by atoms with van der Waals surface area (Å²) in [5, 5.41) is 9.29. The molecule has 2 aromatic rings. The van der Waals surface area contributed by atoms with E-state index in [1.54, 1.807) is 0 Å². The van der Waals surface area contributed by atoms with Gasteiger partial charge in [0.2, 0.25) is 0 Å². The Morgan fingerprint density at radius 2 is 1.95 bits per heavy atom. The van der Waals surface area contributed by atoms with Crippen LogP contribution in [-0.4, -0.2) is 14.8 Å². The summed E-state index contributed by atoms with van der Waals surface area (Å²) in [7, 11) is 0. The Labute approximate surface area is 130 Å². The molecule has 2 saturated carbocycles. The monoisotopic (exact) mass is 301 g/mol. The Morgan fingerprint density at radius 3 is 2.48 bits per heavy atom. The third-order valence-electron chi connectivity index (χ3n) is 5.06. The van der Waals surface area contributed by atoms with Gasteiger partial charge >= 0.3 is 0 Å². The van der Waals surface area contributed by atoms with Crippen molar-refractivity contribution in [1.82, 2.24) is 14.8 Å². The van der Waals surface area contributed by atoms with Crippen molar-refractivity contribution in [2.45, 2.75) is 70.3 Å². The van der Waals surface area contributed by atoms with E-state index in [2.05, 4.69) is 54.6 Å². The zero-order valence-corrected chi connectivity index (χ0v) is 14.1. The van der Waals surface area contributed by atoms with Crippen molar-refractivity contribution in [3.05, 3.63) is 33.5 Å². The predicted octanol–water partition coefficient (Wildman–Crippen LogP) is 4.36. The first-order valence-corrected chi connectivity index (χ1v) is 8.76. The first-order valence-electron chi connectivity index (χ1n) is 7.95. The summed E-state index contributed by atoms with van der Waals surface area (Å²) in [6.07, 6.45) is 5.09. The van der Waals surface area contributed by atoms with E-state index >= 15 is 0 Å². The fourth-order valence-corrected chi connectivity index (χ4v) is 4.06. The van der Waals surface area contributed by atoms with Crippen LogP contribution in [0.15, 0.2) is 12.1 Å². The number of thiophene rings is 1. The summed E-state index contributed by atoms with van der Waals surface area (Å²) in [4.78, 5) is 2.76. The largest absolute Gasteiger partial charge is 0.311 e. The quantitative estimate of drug-likeness (QED) is 0.840.